The molecule has 1 aliphatic heterocycles. The summed E-state index contributed by atoms with van der Waals surface area (Å²) in [5.74, 6) is 0.737. The normalized spacial score (nSPS) is 14.6. The first-order chi connectivity index (χ1) is 14.9. The second-order valence-electron chi connectivity index (χ2n) is 7.24. The van der Waals surface area contributed by atoms with Gasteiger partial charge in [-0.1, -0.05) is 12.8 Å². The number of likely N-dealkylation sites (tertiary alicyclic amines) is 1. The van der Waals surface area contributed by atoms with Gasteiger partial charge in [-0.3, -0.25) is 9.52 Å². The van der Waals surface area contributed by atoms with E-state index >= 15 is 0 Å². The third kappa shape index (κ3) is 5.46. The molecule has 0 unspecified atom stereocenters. The van der Waals surface area contributed by atoms with Crippen molar-refractivity contribution in [2.45, 2.75) is 35.5 Å². The van der Waals surface area contributed by atoms with Crippen LogP contribution in [0.4, 0.5) is 5.69 Å². The summed E-state index contributed by atoms with van der Waals surface area (Å²) >= 11 is 1.43. The number of methoxy groups -OCH3 is 2. The molecule has 1 aliphatic rings. The van der Waals surface area contributed by atoms with Gasteiger partial charge in [0.1, 0.15) is 11.5 Å². The van der Waals surface area contributed by atoms with Crippen LogP contribution in [0, 0.1) is 0 Å². The van der Waals surface area contributed by atoms with Crippen LogP contribution in [-0.4, -0.2) is 52.8 Å². The zero-order valence-corrected chi connectivity index (χ0v) is 19.6. The zero-order chi connectivity index (χ0) is 22.4. The standard InChI is InChI=1S/C22H28N2O5S2/c1-28-16-8-10-20(29-2)19(14-16)23-31(26,27)17-9-11-21(30-3)18(15-17)22(25)24-12-6-4-5-7-13-24/h8-11,14-15,23H,4-7,12-13H2,1-3H3. The quantitative estimate of drug-likeness (QED) is 0.617. The third-order valence-corrected chi connectivity index (χ3v) is 7.41. The minimum absolute atomic E-state index is 0.0216. The van der Waals surface area contributed by atoms with Crippen LogP contribution in [0.25, 0.3) is 0 Å². The Morgan fingerprint density at radius 2 is 1.71 bits per heavy atom. The number of amides is 1. The largest absolute Gasteiger partial charge is 0.497 e. The lowest BCUT2D eigenvalue weighted by Gasteiger charge is -2.22. The number of nitrogens with zero attached hydrogens (tertiary/aromatic N) is 1. The number of hydrogen-bond acceptors (Lipinski definition) is 6. The maximum absolute atomic E-state index is 13.2. The van der Waals surface area contributed by atoms with E-state index in [0.29, 0.717) is 30.2 Å². The SMILES string of the molecule is COc1ccc(OC)c(NS(=O)(=O)c2ccc(SC)c(C(=O)N3CCCCCC3)c2)c1. The highest BCUT2D eigenvalue weighted by Gasteiger charge is 2.24. The van der Waals surface area contributed by atoms with Crippen LogP contribution in [0.15, 0.2) is 46.2 Å². The average Bonchev–Trinajstić information content (AvgIpc) is 3.07. The summed E-state index contributed by atoms with van der Waals surface area (Å²) in [5.41, 5.74) is 0.672. The predicted octanol–water partition coefficient (Wildman–Crippen LogP) is 4.24. The summed E-state index contributed by atoms with van der Waals surface area (Å²) in [4.78, 5) is 15.8. The molecule has 0 spiro atoms. The Bertz CT molecular complexity index is 1030. The first-order valence-corrected chi connectivity index (χ1v) is 12.8. The van der Waals surface area contributed by atoms with Crippen molar-refractivity contribution in [1.29, 1.82) is 0 Å². The molecule has 2 aromatic rings. The highest BCUT2D eigenvalue weighted by Crippen LogP contribution is 2.32. The van der Waals surface area contributed by atoms with Gasteiger partial charge in [0.25, 0.3) is 15.9 Å². The van der Waals surface area contributed by atoms with Crippen molar-refractivity contribution in [3.8, 4) is 11.5 Å². The van der Waals surface area contributed by atoms with E-state index < -0.39 is 10.0 Å². The van der Waals surface area contributed by atoms with E-state index in [2.05, 4.69) is 4.72 Å². The Hall–Kier alpha value is -2.39. The molecule has 1 saturated heterocycles. The highest BCUT2D eigenvalue weighted by atomic mass is 32.2. The smallest absolute Gasteiger partial charge is 0.262 e. The van der Waals surface area contributed by atoms with Crippen LogP contribution >= 0.6 is 11.8 Å². The first kappa shape index (κ1) is 23.3. The van der Waals surface area contributed by atoms with Gasteiger partial charge in [0.2, 0.25) is 0 Å². The number of ether oxygens (including phenoxy) is 2. The molecule has 0 aromatic heterocycles. The molecule has 1 heterocycles. The van der Waals surface area contributed by atoms with Gasteiger partial charge >= 0.3 is 0 Å². The van der Waals surface area contributed by atoms with E-state index in [4.69, 9.17) is 9.47 Å². The number of anilines is 1. The molecular formula is C22H28N2O5S2. The summed E-state index contributed by atoms with van der Waals surface area (Å²) in [6.07, 6.45) is 6.03. The van der Waals surface area contributed by atoms with Crippen LogP contribution < -0.4 is 14.2 Å². The van der Waals surface area contributed by atoms with Crippen molar-refractivity contribution in [3.63, 3.8) is 0 Å². The van der Waals surface area contributed by atoms with Gasteiger partial charge in [-0.15, -0.1) is 11.8 Å². The Balaban J connectivity index is 1.95. The molecule has 1 amide bonds. The Morgan fingerprint density at radius 1 is 1.00 bits per heavy atom. The van der Waals surface area contributed by atoms with Crippen molar-refractivity contribution in [3.05, 3.63) is 42.0 Å². The van der Waals surface area contributed by atoms with E-state index in [9.17, 15) is 13.2 Å². The molecule has 31 heavy (non-hydrogen) atoms. The monoisotopic (exact) mass is 464 g/mol. The van der Waals surface area contributed by atoms with Gasteiger partial charge in [-0.25, -0.2) is 8.42 Å². The number of hydrogen-bond donors (Lipinski definition) is 1. The van der Waals surface area contributed by atoms with Crippen LogP contribution in [0.5, 0.6) is 11.5 Å². The molecule has 1 fully saturated rings. The molecule has 2 aromatic carbocycles. The van der Waals surface area contributed by atoms with Gasteiger partial charge in [-0.05, 0) is 49.4 Å². The number of carbonyl (C=O) groups is 1. The molecule has 168 valence electrons. The molecule has 1 N–H and O–H groups in total. The first-order valence-electron chi connectivity index (χ1n) is 10.1. The molecular weight excluding hydrogens is 436 g/mol. The average molecular weight is 465 g/mol. The van der Waals surface area contributed by atoms with Gasteiger partial charge < -0.3 is 14.4 Å². The van der Waals surface area contributed by atoms with Crippen molar-refractivity contribution in [2.75, 3.05) is 38.3 Å². The Labute approximate surface area is 188 Å². The van der Waals surface area contributed by atoms with Crippen LogP contribution in [0.2, 0.25) is 0 Å². The van der Waals surface area contributed by atoms with E-state index in [-0.39, 0.29) is 16.5 Å². The lowest BCUT2D eigenvalue weighted by molar-refractivity contribution is 0.0758. The van der Waals surface area contributed by atoms with Gasteiger partial charge in [0, 0.05) is 24.1 Å². The molecule has 0 aliphatic carbocycles. The van der Waals surface area contributed by atoms with Crippen molar-refractivity contribution < 1.29 is 22.7 Å². The fourth-order valence-electron chi connectivity index (χ4n) is 3.56. The molecule has 0 atom stereocenters. The predicted molar refractivity (Wildman–Crippen MR) is 123 cm³/mol. The van der Waals surface area contributed by atoms with E-state index in [1.165, 1.54) is 38.1 Å². The number of rotatable bonds is 7. The number of benzene rings is 2. The zero-order valence-electron chi connectivity index (χ0n) is 18.0. The van der Waals surface area contributed by atoms with Crippen LogP contribution in [0.3, 0.4) is 0 Å². The molecule has 3 rings (SSSR count). The fraction of sp³-hybridized carbons (Fsp3) is 0.409. The molecule has 0 saturated carbocycles. The molecule has 7 nitrogen and oxygen atoms in total. The highest BCUT2D eigenvalue weighted by molar-refractivity contribution is 7.98. The number of sulfonamides is 1. The second-order valence-corrected chi connectivity index (χ2v) is 9.77. The fourth-order valence-corrected chi connectivity index (χ4v) is 5.22. The van der Waals surface area contributed by atoms with Crippen LogP contribution in [0.1, 0.15) is 36.0 Å². The van der Waals surface area contributed by atoms with Crippen molar-refractivity contribution >= 4 is 33.4 Å². The van der Waals surface area contributed by atoms with E-state index in [1.807, 2.05) is 11.2 Å². The summed E-state index contributed by atoms with van der Waals surface area (Å²) in [5, 5.41) is 0. The van der Waals surface area contributed by atoms with Crippen molar-refractivity contribution in [2.24, 2.45) is 0 Å². The number of carbonyl (C=O) groups excluding carboxylic acids is 1. The van der Waals surface area contributed by atoms with Gasteiger partial charge in [-0.2, -0.15) is 0 Å². The summed E-state index contributed by atoms with van der Waals surface area (Å²) < 4.78 is 39.3. The van der Waals surface area contributed by atoms with Gasteiger partial charge in [0.05, 0.1) is 30.4 Å². The van der Waals surface area contributed by atoms with Crippen molar-refractivity contribution in [1.82, 2.24) is 4.90 Å². The Kier molecular flexibility index (Phi) is 7.72. The maximum atomic E-state index is 13.2. The minimum atomic E-state index is -3.96. The number of nitrogens with one attached hydrogen (secondary N) is 1. The second kappa shape index (κ2) is 10.3. The summed E-state index contributed by atoms with van der Waals surface area (Å²) in [7, 11) is -0.990. The van der Waals surface area contributed by atoms with Crippen LogP contribution in [-0.2, 0) is 10.0 Å². The summed E-state index contributed by atoms with van der Waals surface area (Å²) in [6, 6.07) is 9.53. The topological polar surface area (TPSA) is 84.9 Å². The maximum Gasteiger partial charge on any atom is 0.262 e. The Morgan fingerprint density at radius 3 is 2.32 bits per heavy atom. The molecule has 0 bridgehead atoms. The minimum Gasteiger partial charge on any atom is -0.497 e. The molecule has 9 heteroatoms. The number of thioether (sulfide) groups is 1. The lowest BCUT2D eigenvalue weighted by atomic mass is 10.2. The van der Waals surface area contributed by atoms with E-state index in [1.54, 1.807) is 24.3 Å². The molecule has 0 radical (unpaired) electrons. The van der Waals surface area contributed by atoms with E-state index in [0.717, 1.165) is 30.6 Å². The third-order valence-electron chi connectivity index (χ3n) is 5.26. The summed E-state index contributed by atoms with van der Waals surface area (Å²) in [6.45, 7) is 1.39. The van der Waals surface area contributed by atoms with Gasteiger partial charge in [0.15, 0.2) is 0 Å². The lowest BCUT2D eigenvalue weighted by Crippen LogP contribution is -2.32.